The van der Waals surface area contributed by atoms with Crippen molar-refractivity contribution in [1.82, 2.24) is 0 Å². The van der Waals surface area contributed by atoms with Crippen LogP contribution in [0, 0.1) is 0 Å². The second-order valence-electron chi connectivity index (χ2n) is 14.7. The average Bonchev–Trinajstić information content (AvgIpc) is 3.38. The summed E-state index contributed by atoms with van der Waals surface area (Å²) in [5.74, 6) is -0.338. The van der Waals surface area contributed by atoms with Crippen LogP contribution in [0.5, 0.6) is 0 Å². The Labute approximate surface area is 286 Å². The zero-order valence-corrected chi connectivity index (χ0v) is 31.0. The Morgan fingerprint density at radius 1 is 0.413 bits per heavy atom. The summed E-state index contributed by atoms with van der Waals surface area (Å²) >= 11 is 0. The summed E-state index contributed by atoms with van der Waals surface area (Å²) in [5, 5.41) is 0. The summed E-state index contributed by atoms with van der Waals surface area (Å²) in [6.45, 7) is 4.55. The Bertz CT molecular complexity index is 627. The molecule has 1 aliphatic carbocycles. The molecule has 0 aliphatic heterocycles. The van der Waals surface area contributed by atoms with Gasteiger partial charge in [-0.15, -0.1) is 0 Å². The maximum Gasteiger partial charge on any atom is 0.306 e. The largest absolute Gasteiger partial charge is 0.458 e. The third kappa shape index (κ3) is 26.9. The molecule has 0 radical (unpaired) electrons. The van der Waals surface area contributed by atoms with Gasteiger partial charge in [-0.2, -0.15) is 0 Å². The van der Waals surface area contributed by atoms with Crippen LogP contribution < -0.4 is 5.73 Å². The van der Waals surface area contributed by atoms with E-state index in [-0.39, 0.29) is 30.2 Å². The van der Waals surface area contributed by atoms with Crippen LogP contribution in [0.4, 0.5) is 0 Å². The van der Waals surface area contributed by atoms with Crippen molar-refractivity contribution >= 4 is 11.9 Å². The minimum absolute atomic E-state index is 0.0767. The summed E-state index contributed by atoms with van der Waals surface area (Å²) < 4.78 is 11.5. The molecule has 1 fully saturated rings. The Hall–Kier alpha value is -1.10. The number of ether oxygens (including phenoxy) is 2. The lowest BCUT2D eigenvalue weighted by Crippen LogP contribution is -2.30. The number of nitrogens with two attached hydrogens (primary N) is 1. The van der Waals surface area contributed by atoms with Crippen LogP contribution in [0.15, 0.2) is 0 Å². The molecule has 0 saturated heterocycles. The molecule has 5 nitrogen and oxygen atoms in total. The first-order valence-corrected chi connectivity index (χ1v) is 20.7. The van der Waals surface area contributed by atoms with Crippen LogP contribution >= 0.6 is 0 Å². The molecule has 272 valence electrons. The van der Waals surface area contributed by atoms with E-state index in [9.17, 15) is 9.59 Å². The van der Waals surface area contributed by atoms with Gasteiger partial charge in [0.15, 0.2) is 0 Å². The fraction of sp³-hybridized carbons (Fsp3) is 0.951. The Balaban J connectivity index is 1.96. The maximum absolute atomic E-state index is 12.5. The van der Waals surface area contributed by atoms with Gasteiger partial charge in [-0.25, -0.2) is 0 Å². The molecule has 2 N–H and O–H groups in total. The predicted molar refractivity (Wildman–Crippen MR) is 196 cm³/mol. The van der Waals surface area contributed by atoms with Gasteiger partial charge < -0.3 is 15.2 Å². The summed E-state index contributed by atoms with van der Waals surface area (Å²) in [5.41, 5.74) is 6.16. The minimum atomic E-state index is -0.385. The van der Waals surface area contributed by atoms with Crippen LogP contribution in [0.3, 0.4) is 0 Å². The first kappa shape index (κ1) is 42.9. The Kier molecular flexibility index (Phi) is 30.3. The van der Waals surface area contributed by atoms with Gasteiger partial charge >= 0.3 is 11.9 Å². The summed E-state index contributed by atoms with van der Waals surface area (Å²) in [6.07, 6.45) is 40.5. The molecule has 46 heavy (non-hydrogen) atoms. The van der Waals surface area contributed by atoms with Gasteiger partial charge in [-0.1, -0.05) is 194 Å². The number of carbonyl (C=O) groups excluding carboxylic acids is 2. The zero-order valence-electron chi connectivity index (χ0n) is 31.0. The first-order valence-electron chi connectivity index (χ1n) is 20.7. The molecule has 1 unspecified atom stereocenters. The second-order valence-corrected chi connectivity index (χ2v) is 14.7. The lowest BCUT2D eigenvalue weighted by atomic mass is 10.0. The third-order valence-corrected chi connectivity index (χ3v) is 10.0. The smallest absolute Gasteiger partial charge is 0.306 e. The molecule has 0 aromatic heterocycles. The number of esters is 2. The van der Waals surface area contributed by atoms with Gasteiger partial charge in [-0.3, -0.25) is 9.59 Å². The lowest BCUT2D eigenvalue weighted by molar-refractivity contribution is -0.165. The summed E-state index contributed by atoms with van der Waals surface area (Å²) in [7, 11) is 0. The molecular weight excluding hydrogens is 570 g/mol. The van der Waals surface area contributed by atoms with E-state index in [0.29, 0.717) is 25.7 Å². The molecule has 0 heterocycles. The van der Waals surface area contributed by atoms with Gasteiger partial charge in [0.2, 0.25) is 0 Å². The molecule has 0 aromatic rings. The van der Waals surface area contributed by atoms with Crippen LogP contribution in [0.2, 0.25) is 0 Å². The molecular formula is C41H79NO4. The van der Waals surface area contributed by atoms with E-state index >= 15 is 0 Å². The molecule has 0 spiro atoms. The Morgan fingerprint density at radius 2 is 0.630 bits per heavy atom. The minimum Gasteiger partial charge on any atom is -0.458 e. The van der Waals surface area contributed by atoms with Crippen molar-refractivity contribution in [2.75, 3.05) is 0 Å². The SMILES string of the molecule is CCCCCCCCCCCCCCCCCC(=O)O[C@H]1CC(N)C[C@H]1OC(=O)CCCCCCCCCCCCCCCCC. The number of carbonyl (C=O) groups is 2. The molecule has 1 saturated carbocycles. The highest BCUT2D eigenvalue weighted by Gasteiger charge is 2.37. The highest BCUT2D eigenvalue weighted by Crippen LogP contribution is 2.26. The van der Waals surface area contributed by atoms with E-state index < -0.39 is 0 Å². The normalized spacial score (nSPS) is 17.8. The average molecular weight is 650 g/mol. The summed E-state index contributed by atoms with van der Waals surface area (Å²) in [4.78, 5) is 25.0. The second kappa shape index (κ2) is 32.4. The highest BCUT2D eigenvalue weighted by atomic mass is 16.6. The monoisotopic (exact) mass is 650 g/mol. The van der Waals surface area contributed by atoms with Gasteiger partial charge in [0.1, 0.15) is 12.2 Å². The van der Waals surface area contributed by atoms with Crippen molar-refractivity contribution in [3.05, 3.63) is 0 Å². The van der Waals surface area contributed by atoms with Crippen molar-refractivity contribution in [3.63, 3.8) is 0 Å². The van der Waals surface area contributed by atoms with Gasteiger partial charge in [0.25, 0.3) is 0 Å². The number of hydrogen-bond donors (Lipinski definition) is 1. The molecule has 3 atom stereocenters. The standard InChI is InChI=1S/C41H79NO4/c1-3-5-7-9-11-13-15-17-19-21-23-25-27-29-31-33-40(43)45-38-35-37(42)36-39(38)46-41(44)34-32-30-28-26-24-22-20-18-16-14-12-10-8-6-4-2/h37-39H,3-36,42H2,1-2H3/t37?,38-,39+. The molecule has 1 rings (SSSR count). The van der Waals surface area contributed by atoms with Crippen molar-refractivity contribution < 1.29 is 19.1 Å². The molecule has 1 aliphatic rings. The van der Waals surface area contributed by atoms with Crippen LogP contribution in [-0.4, -0.2) is 30.2 Å². The van der Waals surface area contributed by atoms with Gasteiger partial charge in [-0.05, 0) is 12.8 Å². The van der Waals surface area contributed by atoms with Crippen LogP contribution in [-0.2, 0) is 19.1 Å². The third-order valence-electron chi connectivity index (χ3n) is 10.0. The van der Waals surface area contributed by atoms with E-state index in [1.807, 2.05) is 0 Å². The number of unbranched alkanes of at least 4 members (excludes halogenated alkanes) is 28. The van der Waals surface area contributed by atoms with Crippen molar-refractivity contribution in [1.29, 1.82) is 0 Å². The van der Waals surface area contributed by atoms with Crippen molar-refractivity contribution in [2.45, 2.75) is 250 Å². The highest BCUT2D eigenvalue weighted by molar-refractivity contribution is 5.70. The first-order chi connectivity index (χ1) is 22.6. The Morgan fingerprint density at radius 3 is 0.870 bits per heavy atom. The van der Waals surface area contributed by atoms with Crippen LogP contribution in [0.25, 0.3) is 0 Å². The number of hydrogen-bond acceptors (Lipinski definition) is 5. The van der Waals surface area contributed by atoms with E-state index in [4.69, 9.17) is 15.2 Å². The van der Waals surface area contributed by atoms with E-state index in [2.05, 4.69) is 13.8 Å². The van der Waals surface area contributed by atoms with E-state index in [1.165, 1.54) is 167 Å². The van der Waals surface area contributed by atoms with E-state index in [1.54, 1.807) is 0 Å². The maximum atomic E-state index is 12.5. The topological polar surface area (TPSA) is 78.6 Å². The molecule has 5 heteroatoms. The molecule has 0 amide bonds. The van der Waals surface area contributed by atoms with Crippen molar-refractivity contribution in [2.24, 2.45) is 5.73 Å². The van der Waals surface area contributed by atoms with Crippen LogP contribution in [0.1, 0.15) is 232 Å². The lowest BCUT2D eigenvalue weighted by Gasteiger charge is -2.20. The molecule has 0 aromatic carbocycles. The summed E-state index contributed by atoms with van der Waals surface area (Å²) in [6, 6.07) is -0.0767. The fourth-order valence-corrected chi connectivity index (χ4v) is 6.98. The van der Waals surface area contributed by atoms with Gasteiger partial charge in [0, 0.05) is 31.7 Å². The predicted octanol–water partition coefficient (Wildman–Crippen LogP) is 12.5. The van der Waals surface area contributed by atoms with Gasteiger partial charge in [0.05, 0.1) is 0 Å². The van der Waals surface area contributed by atoms with E-state index in [0.717, 1.165) is 25.7 Å². The number of rotatable bonds is 34. The quantitative estimate of drug-likeness (QED) is 0.0554. The zero-order chi connectivity index (χ0) is 33.3. The fourth-order valence-electron chi connectivity index (χ4n) is 6.98. The van der Waals surface area contributed by atoms with Crippen molar-refractivity contribution in [3.8, 4) is 0 Å². The molecule has 0 bridgehead atoms.